The van der Waals surface area contributed by atoms with Crippen molar-refractivity contribution >= 4 is 35.0 Å². The van der Waals surface area contributed by atoms with Crippen LogP contribution in [0.4, 0.5) is 10.1 Å². The predicted octanol–water partition coefficient (Wildman–Crippen LogP) is 5.54. The van der Waals surface area contributed by atoms with Gasteiger partial charge >= 0.3 is 0 Å². The molecule has 1 amide bonds. The highest BCUT2D eigenvalue weighted by molar-refractivity contribution is 7.99. The summed E-state index contributed by atoms with van der Waals surface area (Å²) in [5, 5.41) is 7.70. The largest absolute Gasteiger partial charge is 0.382 e. The van der Waals surface area contributed by atoms with Gasteiger partial charge in [-0.15, -0.1) is 0 Å². The average Bonchev–Trinajstić information content (AvgIpc) is 3.05. The summed E-state index contributed by atoms with van der Waals surface area (Å²) in [6, 6.07) is 13.9. The average molecular weight is 489 g/mol. The van der Waals surface area contributed by atoms with E-state index in [-0.39, 0.29) is 17.1 Å². The molecular formula is C25H30ClFN4OS. The van der Waals surface area contributed by atoms with Crippen LogP contribution in [0.2, 0.25) is 5.02 Å². The third-order valence-electron chi connectivity index (χ3n) is 5.51. The lowest BCUT2D eigenvalue weighted by Gasteiger charge is -2.23. The van der Waals surface area contributed by atoms with Gasteiger partial charge in [0.2, 0.25) is 0 Å². The van der Waals surface area contributed by atoms with Crippen LogP contribution in [-0.4, -0.2) is 30.6 Å². The maximum Gasteiger partial charge on any atom is 0.255 e. The molecule has 1 aromatic heterocycles. The van der Waals surface area contributed by atoms with Crippen LogP contribution in [0.25, 0.3) is 0 Å². The lowest BCUT2D eigenvalue weighted by molar-refractivity contribution is 0.0960. The van der Waals surface area contributed by atoms with Gasteiger partial charge in [0.15, 0.2) is 0 Å². The third-order valence-corrected chi connectivity index (χ3v) is 6.89. The number of amides is 1. The Hall–Kier alpha value is -2.48. The molecule has 3 rings (SSSR count). The number of benzene rings is 2. The number of hydrogen-bond acceptors (Lipinski definition) is 4. The lowest BCUT2D eigenvalue weighted by atomic mass is 9.94. The summed E-state index contributed by atoms with van der Waals surface area (Å²) in [5.41, 5.74) is 9.10. The van der Waals surface area contributed by atoms with E-state index in [9.17, 15) is 9.18 Å². The monoisotopic (exact) mass is 488 g/mol. The highest BCUT2D eigenvalue weighted by Gasteiger charge is 2.27. The molecule has 4 N–H and O–H groups in total. The van der Waals surface area contributed by atoms with Gasteiger partial charge in [0.05, 0.1) is 16.3 Å². The van der Waals surface area contributed by atoms with Crippen LogP contribution in [-0.2, 0) is 6.54 Å². The van der Waals surface area contributed by atoms with E-state index in [0.717, 1.165) is 26.9 Å². The predicted molar refractivity (Wildman–Crippen MR) is 135 cm³/mol. The molecule has 0 saturated heterocycles. The Labute approximate surface area is 203 Å². The van der Waals surface area contributed by atoms with Crippen LogP contribution in [0.5, 0.6) is 0 Å². The Bertz CT molecular complexity index is 1110. The van der Waals surface area contributed by atoms with Gasteiger partial charge < -0.3 is 20.9 Å². The first-order chi connectivity index (χ1) is 15.6. The van der Waals surface area contributed by atoms with Gasteiger partial charge in [-0.25, -0.2) is 4.39 Å². The molecule has 176 valence electrons. The maximum absolute atomic E-state index is 13.5. The molecule has 0 bridgehead atoms. The van der Waals surface area contributed by atoms with Gasteiger partial charge in [-0.3, -0.25) is 4.79 Å². The van der Waals surface area contributed by atoms with Crippen molar-refractivity contribution in [3.63, 3.8) is 0 Å². The van der Waals surface area contributed by atoms with Crippen LogP contribution in [0.15, 0.2) is 58.5 Å². The second kappa shape index (κ2) is 10.6. The minimum Gasteiger partial charge on any atom is -0.382 e. The van der Waals surface area contributed by atoms with Gasteiger partial charge in [-0.2, -0.15) is 0 Å². The molecule has 0 saturated carbocycles. The number of carbonyl (C=O) groups excluding carboxylic acids is 1. The van der Waals surface area contributed by atoms with Crippen LogP contribution >= 0.6 is 23.4 Å². The molecule has 5 nitrogen and oxygen atoms in total. The molecule has 8 heteroatoms. The zero-order chi connectivity index (χ0) is 24.2. The molecule has 0 atom stereocenters. The van der Waals surface area contributed by atoms with Crippen molar-refractivity contribution in [2.24, 2.45) is 11.1 Å². The number of anilines is 1. The molecule has 0 spiro atoms. The number of aromatic nitrogens is 1. The van der Waals surface area contributed by atoms with E-state index in [1.165, 1.54) is 23.9 Å². The molecule has 0 fully saturated rings. The van der Waals surface area contributed by atoms with Crippen molar-refractivity contribution in [2.45, 2.75) is 37.2 Å². The number of nitrogens with one attached hydrogen (secondary N) is 2. The molecule has 33 heavy (non-hydrogen) atoms. The summed E-state index contributed by atoms with van der Waals surface area (Å²) >= 11 is 7.50. The first-order valence-electron chi connectivity index (χ1n) is 10.7. The Morgan fingerprint density at radius 1 is 1.15 bits per heavy atom. The second-order valence-corrected chi connectivity index (χ2v) is 10.2. The summed E-state index contributed by atoms with van der Waals surface area (Å²) < 4.78 is 15.6. The first-order valence-corrected chi connectivity index (χ1v) is 11.9. The molecule has 1 heterocycles. The van der Waals surface area contributed by atoms with E-state index in [4.69, 9.17) is 17.3 Å². The van der Waals surface area contributed by atoms with E-state index in [1.54, 1.807) is 19.2 Å². The Balaban J connectivity index is 2.13. The number of rotatable bonds is 9. The first kappa shape index (κ1) is 25.1. The summed E-state index contributed by atoms with van der Waals surface area (Å²) in [7, 11) is 1.62. The molecule has 0 aliphatic carbocycles. The van der Waals surface area contributed by atoms with Gasteiger partial charge in [-0.1, -0.05) is 49.3 Å². The number of nitrogens with two attached hydrogens (primary N) is 1. The molecule has 0 unspecified atom stereocenters. The van der Waals surface area contributed by atoms with Gasteiger partial charge in [0, 0.05) is 35.7 Å². The third kappa shape index (κ3) is 6.10. The van der Waals surface area contributed by atoms with Gasteiger partial charge in [-0.05, 0) is 60.8 Å². The summed E-state index contributed by atoms with van der Waals surface area (Å²) in [6.07, 6.45) is 0. The minimum atomic E-state index is -0.301. The molecule has 2 aromatic carbocycles. The van der Waals surface area contributed by atoms with E-state index < -0.39 is 0 Å². The van der Waals surface area contributed by atoms with Crippen molar-refractivity contribution in [2.75, 3.05) is 25.5 Å². The van der Waals surface area contributed by atoms with Crippen molar-refractivity contribution in [1.29, 1.82) is 0 Å². The molecule has 3 aromatic rings. The lowest BCUT2D eigenvalue weighted by Crippen LogP contribution is -2.32. The highest BCUT2D eigenvalue weighted by atomic mass is 35.5. The van der Waals surface area contributed by atoms with E-state index >= 15 is 0 Å². The number of carbonyl (C=O) groups is 1. The van der Waals surface area contributed by atoms with E-state index in [0.29, 0.717) is 30.2 Å². The Morgan fingerprint density at radius 3 is 2.36 bits per heavy atom. The van der Waals surface area contributed by atoms with Crippen molar-refractivity contribution in [3.8, 4) is 0 Å². The number of halogens is 2. The molecule has 0 aliphatic rings. The second-order valence-electron chi connectivity index (χ2n) is 8.71. The minimum absolute atomic E-state index is 0.144. The fourth-order valence-electron chi connectivity index (χ4n) is 3.35. The van der Waals surface area contributed by atoms with Crippen LogP contribution < -0.4 is 16.4 Å². The van der Waals surface area contributed by atoms with E-state index in [1.807, 2.05) is 31.2 Å². The van der Waals surface area contributed by atoms with Gasteiger partial charge in [0.1, 0.15) is 5.82 Å². The van der Waals surface area contributed by atoms with Crippen molar-refractivity contribution in [1.82, 2.24) is 9.88 Å². The van der Waals surface area contributed by atoms with Crippen LogP contribution in [0, 0.1) is 18.2 Å². The Kier molecular flexibility index (Phi) is 8.10. The zero-order valence-corrected chi connectivity index (χ0v) is 20.9. The summed E-state index contributed by atoms with van der Waals surface area (Å²) in [5.74, 6) is -0.490. The maximum atomic E-state index is 13.5. The van der Waals surface area contributed by atoms with Crippen molar-refractivity contribution < 1.29 is 9.18 Å². The summed E-state index contributed by atoms with van der Waals surface area (Å²) in [6.45, 7) is 7.83. The van der Waals surface area contributed by atoms with Crippen molar-refractivity contribution in [3.05, 3.63) is 76.2 Å². The molecular weight excluding hydrogens is 459 g/mol. The fourth-order valence-corrected chi connectivity index (χ4v) is 4.57. The van der Waals surface area contributed by atoms with Crippen LogP contribution in [0.1, 0.15) is 35.5 Å². The highest BCUT2D eigenvalue weighted by Crippen LogP contribution is 2.39. The number of hydrogen-bond donors (Lipinski definition) is 3. The van der Waals surface area contributed by atoms with Crippen LogP contribution in [0.3, 0.4) is 0 Å². The topological polar surface area (TPSA) is 72.1 Å². The van der Waals surface area contributed by atoms with E-state index in [2.05, 4.69) is 29.0 Å². The fraction of sp³-hybridized carbons (Fsp3) is 0.320. The number of nitrogens with zero attached hydrogens (tertiary/aromatic N) is 1. The quantitative estimate of drug-likeness (QED) is 0.369. The molecule has 0 aliphatic heterocycles. The normalized spacial score (nSPS) is 11.5. The smallest absolute Gasteiger partial charge is 0.255 e. The summed E-state index contributed by atoms with van der Waals surface area (Å²) in [4.78, 5) is 13.9. The SMILES string of the molecule is CNC(=O)c1c(NCC(C)(C)CN)c(C)n(Cc2ccc(Cl)cc2)c1Sc1ccc(F)cc1. The zero-order valence-electron chi connectivity index (χ0n) is 19.3. The molecule has 0 radical (unpaired) electrons. The van der Waals surface area contributed by atoms with Gasteiger partial charge in [0.25, 0.3) is 5.91 Å². The standard InChI is InChI=1S/C25H30ClFN4OS/c1-16-22(30-15-25(2,3)14-28)21(23(32)29-4)24(33-20-11-9-19(27)10-12-20)31(16)13-17-5-7-18(26)8-6-17/h5-12,30H,13-15,28H2,1-4H3,(H,29,32). The Morgan fingerprint density at radius 2 is 1.79 bits per heavy atom.